The van der Waals surface area contributed by atoms with Gasteiger partial charge in [-0.25, -0.2) is 4.99 Å². The van der Waals surface area contributed by atoms with Crippen molar-refractivity contribution >= 4 is 47.2 Å². The lowest BCUT2D eigenvalue weighted by atomic mass is 10.1. The van der Waals surface area contributed by atoms with Crippen LogP contribution in [0.2, 0.25) is 0 Å². The molecule has 2 aromatic rings. The topological polar surface area (TPSA) is 65.5 Å². The minimum Gasteiger partial charge on any atom is -0.357 e. The molecule has 5 nitrogen and oxygen atoms in total. The van der Waals surface area contributed by atoms with E-state index in [1.807, 2.05) is 31.2 Å². The first-order valence-corrected chi connectivity index (χ1v) is 8.46. The number of rotatable bonds is 6. The second-order valence-corrected chi connectivity index (χ2v) is 5.94. The molecular formula is C17H23IN4OS. The molecule has 1 amide bonds. The average molecular weight is 458 g/mol. The summed E-state index contributed by atoms with van der Waals surface area (Å²) in [6.45, 7) is 4.11. The molecule has 1 heterocycles. The van der Waals surface area contributed by atoms with E-state index in [0.717, 1.165) is 24.6 Å². The van der Waals surface area contributed by atoms with E-state index < -0.39 is 0 Å². The van der Waals surface area contributed by atoms with Gasteiger partial charge in [0.05, 0.1) is 13.1 Å². The van der Waals surface area contributed by atoms with Crippen molar-refractivity contribution in [3.63, 3.8) is 0 Å². The maximum Gasteiger partial charge on any atom is 0.251 e. The summed E-state index contributed by atoms with van der Waals surface area (Å²) in [4.78, 5) is 17.5. The molecule has 0 fully saturated rings. The van der Waals surface area contributed by atoms with Crippen molar-refractivity contribution in [2.75, 3.05) is 13.6 Å². The molecule has 24 heavy (non-hydrogen) atoms. The lowest BCUT2D eigenvalue weighted by Gasteiger charge is -2.10. The van der Waals surface area contributed by atoms with E-state index >= 15 is 0 Å². The van der Waals surface area contributed by atoms with Crippen molar-refractivity contribution in [3.05, 3.63) is 57.8 Å². The van der Waals surface area contributed by atoms with Gasteiger partial charge in [0, 0.05) is 24.0 Å². The van der Waals surface area contributed by atoms with Crippen molar-refractivity contribution in [2.24, 2.45) is 4.99 Å². The van der Waals surface area contributed by atoms with Gasteiger partial charge in [0.15, 0.2) is 5.96 Å². The number of halogens is 1. The number of nitrogens with one attached hydrogen (secondary N) is 3. The number of aliphatic imine (C=N–C) groups is 1. The molecule has 7 heteroatoms. The number of benzene rings is 1. The molecule has 0 saturated carbocycles. The van der Waals surface area contributed by atoms with Gasteiger partial charge in [0.1, 0.15) is 0 Å². The van der Waals surface area contributed by atoms with E-state index in [2.05, 4.69) is 32.4 Å². The van der Waals surface area contributed by atoms with Crippen LogP contribution in [-0.4, -0.2) is 25.5 Å². The molecule has 0 saturated heterocycles. The highest BCUT2D eigenvalue weighted by Gasteiger charge is 2.04. The average Bonchev–Trinajstić information content (AvgIpc) is 3.10. The molecule has 3 N–H and O–H groups in total. The van der Waals surface area contributed by atoms with Crippen molar-refractivity contribution in [1.82, 2.24) is 16.0 Å². The van der Waals surface area contributed by atoms with E-state index in [-0.39, 0.29) is 29.9 Å². The van der Waals surface area contributed by atoms with Gasteiger partial charge in [-0.3, -0.25) is 4.79 Å². The predicted octanol–water partition coefficient (Wildman–Crippen LogP) is 2.98. The summed E-state index contributed by atoms with van der Waals surface area (Å²) in [6, 6.07) is 11.6. The van der Waals surface area contributed by atoms with Crippen LogP contribution in [0.5, 0.6) is 0 Å². The van der Waals surface area contributed by atoms with E-state index in [1.54, 1.807) is 24.5 Å². The summed E-state index contributed by atoms with van der Waals surface area (Å²) in [6.07, 6.45) is 0. The number of carbonyl (C=O) groups excluding carboxylic acids is 1. The van der Waals surface area contributed by atoms with Crippen LogP contribution in [0.15, 0.2) is 46.8 Å². The molecule has 2 rings (SSSR count). The predicted molar refractivity (Wildman–Crippen MR) is 111 cm³/mol. The zero-order valence-corrected chi connectivity index (χ0v) is 17.0. The Morgan fingerprint density at radius 2 is 2.04 bits per heavy atom. The molecule has 0 aliphatic rings. The van der Waals surface area contributed by atoms with Crippen LogP contribution in [0, 0.1) is 0 Å². The van der Waals surface area contributed by atoms with Crippen molar-refractivity contribution in [1.29, 1.82) is 0 Å². The van der Waals surface area contributed by atoms with Crippen molar-refractivity contribution in [2.45, 2.75) is 20.0 Å². The first-order valence-electron chi connectivity index (χ1n) is 7.58. The number of hydrogen-bond donors (Lipinski definition) is 3. The smallest absolute Gasteiger partial charge is 0.251 e. The van der Waals surface area contributed by atoms with E-state index in [1.165, 1.54) is 4.88 Å². The molecule has 1 aromatic heterocycles. The Hall–Kier alpha value is -1.61. The van der Waals surface area contributed by atoms with E-state index in [9.17, 15) is 4.79 Å². The molecule has 1 aromatic carbocycles. The number of amides is 1. The molecule has 0 aliphatic heterocycles. The Morgan fingerprint density at radius 1 is 1.21 bits per heavy atom. The second kappa shape index (κ2) is 11.0. The maximum atomic E-state index is 11.7. The fraction of sp³-hybridized carbons (Fsp3) is 0.294. The molecule has 0 spiro atoms. The Bertz CT molecular complexity index is 658. The van der Waals surface area contributed by atoms with Crippen molar-refractivity contribution in [3.8, 4) is 0 Å². The monoisotopic (exact) mass is 458 g/mol. The lowest BCUT2D eigenvalue weighted by molar-refractivity contribution is 0.0963. The zero-order chi connectivity index (χ0) is 16.5. The lowest BCUT2D eigenvalue weighted by Crippen LogP contribution is -2.36. The summed E-state index contributed by atoms with van der Waals surface area (Å²) in [5.74, 6) is 0.685. The SMILES string of the molecule is CCNC(=NCc1cccc(C(=O)NC)c1)NCc1cccs1.I. The van der Waals surface area contributed by atoms with E-state index in [0.29, 0.717) is 12.1 Å². The molecular weight excluding hydrogens is 435 g/mol. The third kappa shape index (κ3) is 6.48. The number of carbonyl (C=O) groups is 1. The highest BCUT2D eigenvalue weighted by Crippen LogP contribution is 2.08. The fourth-order valence-corrected chi connectivity index (χ4v) is 2.70. The first-order chi connectivity index (χ1) is 11.2. The summed E-state index contributed by atoms with van der Waals surface area (Å²) in [5.41, 5.74) is 1.65. The minimum atomic E-state index is -0.0847. The van der Waals surface area contributed by atoms with Crippen LogP contribution in [0.4, 0.5) is 0 Å². The summed E-state index contributed by atoms with van der Waals surface area (Å²) >= 11 is 1.72. The van der Waals surface area contributed by atoms with Crippen LogP contribution in [-0.2, 0) is 13.1 Å². The summed E-state index contributed by atoms with van der Waals surface area (Å²) in [5, 5.41) is 11.2. The Kier molecular flexibility index (Phi) is 9.39. The maximum absolute atomic E-state index is 11.7. The Balaban J connectivity index is 0.00000288. The van der Waals surface area contributed by atoms with E-state index in [4.69, 9.17) is 0 Å². The van der Waals surface area contributed by atoms with Crippen LogP contribution >= 0.6 is 35.3 Å². The molecule has 0 radical (unpaired) electrons. The normalized spacial score (nSPS) is 10.7. The van der Waals surface area contributed by atoms with Crippen LogP contribution in [0.1, 0.15) is 27.7 Å². The quantitative estimate of drug-likeness (QED) is 0.354. The number of nitrogens with zero attached hydrogens (tertiary/aromatic N) is 1. The third-order valence-corrected chi connectivity index (χ3v) is 4.07. The van der Waals surface area contributed by atoms with Gasteiger partial charge < -0.3 is 16.0 Å². The van der Waals surface area contributed by atoms with Gasteiger partial charge in [-0.1, -0.05) is 18.2 Å². The largest absolute Gasteiger partial charge is 0.357 e. The first kappa shape index (κ1) is 20.4. The summed E-state index contributed by atoms with van der Waals surface area (Å²) < 4.78 is 0. The highest BCUT2D eigenvalue weighted by atomic mass is 127. The van der Waals surface area contributed by atoms with Crippen molar-refractivity contribution < 1.29 is 4.79 Å². The third-order valence-electron chi connectivity index (χ3n) is 3.19. The Labute approximate surface area is 164 Å². The number of guanidine groups is 1. The fourth-order valence-electron chi connectivity index (χ4n) is 2.05. The molecule has 130 valence electrons. The zero-order valence-electron chi connectivity index (χ0n) is 13.8. The highest BCUT2D eigenvalue weighted by molar-refractivity contribution is 14.0. The molecule has 0 bridgehead atoms. The molecule has 0 unspecified atom stereocenters. The van der Waals surface area contributed by atoms with Crippen LogP contribution in [0.25, 0.3) is 0 Å². The van der Waals surface area contributed by atoms with Crippen LogP contribution in [0.3, 0.4) is 0 Å². The molecule has 0 aliphatic carbocycles. The number of hydrogen-bond acceptors (Lipinski definition) is 3. The van der Waals surface area contributed by atoms with Gasteiger partial charge in [-0.15, -0.1) is 35.3 Å². The number of thiophene rings is 1. The van der Waals surface area contributed by atoms with Gasteiger partial charge in [-0.2, -0.15) is 0 Å². The minimum absolute atomic E-state index is 0. The second-order valence-electron chi connectivity index (χ2n) is 4.91. The standard InChI is InChI=1S/C17H22N4OS.HI/c1-3-19-17(21-12-15-8-5-9-23-15)20-11-13-6-4-7-14(10-13)16(22)18-2;/h4-10H,3,11-12H2,1-2H3,(H,18,22)(H2,19,20,21);1H. The Morgan fingerprint density at radius 3 is 2.71 bits per heavy atom. The van der Waals surface area contributed by atoms with Gasteiger partial charge in [0.2, 0.25) is 0 Å². The van der Waals surface area contributed by atoms with Gasteiger partial charge >= 0.3 is 0 Å². The summed E-state index contributed by atoms with van der Waals surface area (Å²) in [7, 11) is 1.63. The molecule has 0 atom stereocenters. The van der Waals surface area contributed by atoms with Gasteiger partial charge in [0.25, 0.3) is 5.91 Å². The van der Waals surface area contributed by atoms with Crippen LogP contribution < -0.4 is 16.0 Å². The van der Waals surface area contributed by atoms with Gasteiger partial charge in [-0.05, 0) is 36.1 Å².